The molecule has 0 bridgehead atoms. The second-order valence-corrected chi connectivity index (χ2v) is 10.8. The number of benzene rings is 2. The van der Waals surface area contributed by atoms with E-state index in [2.05, 4.69) is 10.6 Å². The Balaban J connectivity index is 2.10. The number of anilines is 2. The number of nitrogens with one attached hydrogen (secondary N) is 2. The van der Waals surface area contributed by atoms with Gasteiger partial charge in [0.05, 0.1) is 0 Å². The van der Waals surface area contributed by atoms with Crippen molar-refractivity contribution in [3.8, 4) is 0 Å². The fraction of sp³-hybridized carbons (Fsp3) is 0. The molecule has 0 aliphatic carbocycles. The lowest BCUT2D eigenvalue weighted by Gasteiger charge is -2.40. The first-order valence-electron chi connectivity index (χ1n) is 6.80. The van der Waals surface area contributed by atoms with E-state index in [0.29, 0.717) is 24.3 Å². The third-order valence-corrected chi connectivity index (χ3v) is 5.65. The van der Waals surface area contributed by atoms with Gasteiger partial charge >= 0.3 is 20.4 Å². The molecule has 0 saturated carbocycles. The molecule has 0 aliphatic heterocycles. The van der Waals surface area contributed by atoms with Gasteiger partial charge in [0, 0.05) is 11.4 Å². The molecule has 0 saturated heterocycles. The van der Waals surface area contributed by atoms with Gasteiger partial charge in [-0.25, -0.2) is 0 Å². The molecule has 0 amide bonds. The van der Waals surface area contributed by atoms with Gasteiger partial charge in [-0.2, -0.15) is 0 Å². The molecule has 0 aliphatic rings. The Morgan fingerprint density at radius 1 is 0.536 bits per heavy atom. The van der Waals surface area contributed by atoms with Gasteiger partial charge in [-0.3, -0.25) is 0 Å². The first-order valence-corrected chi connectivity index (χ1v) is 11.1. The summed E-state index contributed by atoms with van der Waals surface area (Å²) in [6.45, 7) is 0. The number of thiocarbonyl (C=S) groups is 1. The van der Waals surface area contributed by atoms with Crippen molar-refractivity contribution in [2.45, 2.75) is 9.79 Å². The molecule has 2 aromatic rings. The Morgan fingerprint density at radius 2 is 0.786 bits per heavy atom. The maximum absolute atomic E-state index is 12.6. The monoisotopic (exact) mass is 480 g/mol. The van der Waals surface area contributed by atoms with Gasteiger partial charge in [0.25, 0.3) is 0 Å². The van der Waals surface area contributed by atoms with E-state index in [1.165, 1.54) is 0 Å². The van der Waals surface area contributed by atoms with E-state index in [1.54, 1.807) is 0 Å². The maximum Gasteiger partial charge on any atom is 0.310 e. The first kappa shape index (κ1) is 22.4. The van der Waals surface area contributed by atoms with Gasteiger partial charge in [-0.15, -0.1) is 0 Å². The van der Waals surface area contributed by atoms with Crippen LogP contribution in [0.2, 0.25) is 0 Å². The predicted octanol–water partition coefficient (Wildman–Crippen LogP) is 8.81. The Kier molecular flexibility index (Phi) is 4.15. The van der Waals surface area contributed by atoms with E-state index >= 15 is 0 Å². The van der Waals surface area contributed by atoms with Gasteiger partial charge in [0.2, 0.25) is 0 Å². The van der Waals surface area contributed by atoms with Crippen molar-refractivity contribution in [1.29, 1.82) is 0 Å². The van der Waals surface area contributed by atoms with Crippen molar-refractivity contribution in [2.75, 3.05) is 10.6 Å². The zero-order valence-electron chi connectivity index (χ0n) is 13.1. The number of hydrogen-bond acceptors (Lipinski definition) is 1. The summed E-state index contributed by atoms with van der Waals surface area (Å²) >= 11 is 4.77. The number of halogens is 10. The standard InChI is InChI=1S/C13H10F10N2S3/c14-27(15,16,17,18)11-5-1-9(2-6-11)24-13(26)25-10-3-7-12(8-4-10)28(19,20,21,22)23/h1-8H,(H2,24,25,26). The first-order chi connectivity index (χ1) is 12.0. The summed E-state index contributed by atoms with van der Waals surface area (Å²) in [5.41, 5.74) is -0.265. The van der Waals surface area contributed by atoms with Crippen LogP contribution in [0.1, 0.15) is 0 Å². The van der Waals surface area contributed by atoms with Crippen LogP contribution < -0.4 is 10.6 Å². The summed E-state index contributed by atoms with van der Waals surface area (Å²) in [7, 11) is -19.6. The second-order valence-electron chi connectivity index (χ2n) is 5.57. The van der Waals surface area contributed by atoms with Crippen LogP contribution in [0.25, 0.3) is 0 Å². The number of hydrogen-bond donors (Lipinski definition) is 2. The zero-order valence-corrected chi connectivity index (χ0v) is 15.6. The summed E-state index contributed by atoms with van der Waals surface area (Å²) in [6.07, 6.45) is 0. The largest absolute Gasteiger partial charge is 0.332 e. The van der Waals surface area contributed by atoms with E-state index in [0.717, 1.165) is 0 Å². The zero-order chi connectivity index (χ0) is 21.8. The van der Waals surface area contributed by atoms with Crippen molar-refractivity contribution >= 4 is 49.2 Å². The summed E-state index contributed by atoms with van der Waals surface area (Å²) in [6, 6.07) is 3.20. The molecular formula is C13H10F10N2S3. The SMILES string of the molecule is FS(F)(F)(F)(F)c1ccc(NC(=S)Nc2ccc(S(F)(F)(F)(F)F)cc2)cc1. The topological polar surface area (TPSA) is 24.1 Å². The van der Waals surface area contributed by atoms with E-state index in [9.17, 15) is 38.9 Å². The van der Waals surface area contributed by atoms with Crippen LogP contribution in [0.15, 0.2) is 58.3 Å². The normalized spacial score (nSPS) is 17.5. The minimum absolute atomic E-state index is 0.133. The van der Waals surface area contributed by atoms with Crippen LogP contribution in [0.3, 0.4) is 0 Å². The van der Waals surface area contributed by atoms with Crippen LogP contribution >= 0.6 is 32.7 Å². The third kappa shape index (κ3) is 6.07. The molecule has 2 aromatic carbocycles. The lowest BCUT2D eigenvalue weighted by molar-refractivity contribution is 0.360. The predicted molar refractivity (Wildman–Crippen MR) is 95.5 cm³/mol. The van der Waals surface area contributed by atoms with Crippen LogP contribution in [-0.4, -0.2) is 5.11 Å². The average molecular weight is 480 g/mol. The van der Waals surface area contributed by atoms with Crippen molar-refractivity contribution < 1.29 is 38.9 Å². The molecule has 0 aromatic heterocycles. The van der Waals surface area contributed by atoms with Crippen molar-refractivity contribution in [3.63, 3.8) is 0 Å². The highest BCUT2D eigenvalue weighted by Gasteiger charge is 2.66. The molecule has 2 rings (SSSR count). The molecule has 28 heavy (non-hydrogen) atoms. The molecule has 0 spiro atoms. The molecular weight excluding hydrogens is 470 g/mol. The van der Waals surface area contributed by atoms with Gasteiger partial charge in [-0.1, -0.05) is 38.9 Å². The Morgan fingerprint density at radius 3 is 1.00 bits per heavy atom. The molecule has 2 nitrogen and oxygen atoms in total. The molecule has 2 N–H and O–H groups in total. The molecule has 0 atom stereocenters. The minimum Gasteiger partial charge on any atom is -0.332 e. The summed E-state index contributed by atoms with van der Waals surface area (Å²) in [4.78, 5) is -4.23. The van der Waals surface area contributed by atoms with Gasteiger partial charge in [0.1, 0.15) is 9.79 Å². The van der Waals surface area contributed by atoms with Crippen LogP contribution in [-0.2, 0) is 0 Å². The molecule has 15 heteroatoms. The van der Waals surface area contributed by atoms with Crippen LogP contribution in [0, 0.1) is 0 Å². The Bertz CT molecular complexity index is 841. The van der Waals surface area contributed by atoms with Crippen LogP contribution in [0.4, 0.5) is 50.2 Å². The third-order valence-electron chi connectivity index (χ3n) is 3.12. The molecule has 0 heterocycles. The Labute approximate surface area is 157 Å². The van der Waals surface area contributed by atoms with Crippen LogP contribution in [0.5, 0.6) is 0 Å². The van der Waals surface area contributed by atoms with E-state index in [-0.39, 0.29) is 40.8 Å². The minimum atomic E-state index is -9.82. The lowest BCUT2D eigenvalue weighted by Crippen LogP contribution is -2.19. The summed E-state index contributed by atoms with van der Waals surface area (Å²) in [5, 5.41) is 4.29. The van der Waals surface area contributed by atoms with Crippen molar-refractivity contribution in [3.05, 3.63) is 48.5 Å². The highest BCUT2D eigenvalue weighted by molar-refractivity contribution is 8.46. The maximum atomic E-state index is 12.6. The van der Waals surface area contributed by atoms with E-state index in [4.69, 9.17) is 12.2 Å². The van der Waals surface area contributed by atoms with Gasteiger partial charge < -0.3 is 10.6 Å². The molecule has 0 fully saturated rings. The highest BCUT2D eigenvalue weighted by Crippen LogP contribution is 3.02. The summed E-state index contributed by atoms with van der Waals surface area (Å²) < 4.78 is 126. The average Bonchev–Trinajstić information content (AvgIpc) is 2.43. The fourth-order valence-electron chi connectivity index (χ4n) is 1.88. The lowest BCUT2D eigenvalue weighted by atomic mass is 10.3. The number of rotatable bonds is 4. The molecule has 0 unspecified atom stereocenters. The van der Waals surface area contributed by atoms with Crippen molar-refractivity contribution in [2.24, 2.45) is 0 Å². The van der Waals surface area contributed by atoms with Gasteiger partial charge in [-0.05, 0) is 60.7 Å². The quantitative estimate of drug-likeness (QED) is 0.338. The van der Waals surface area contributed by atoms with Crippen molar-refractivity contribution in [1.82, 2.24) is 0 Å². The molecule has 0 radical (unpaired) electrons. The summed E-state index contributed by atoms with van der Waals surface area (Å²) in [5.74, 6) is 0. The highest BCUT2D eigenvalue weighted by atomic mass is 32.5. The van der Waals surface area contributed by atoms with Gasteiger partial charge in [0.15, 0.2) is 5.11 Å². The molecule has 160 valence electrons. The Hall–Kier alpha value is -1.87. The second kappa shape index (κ2) is 5.18. The van der Waals surface area contributed by atoms with E-state index < -0.39 is 30.2 Å². The fourth-order valence-corrected chi connectivity index (χ4v) is 3.42. The smallest absolute Gasteiger partial charge is 0.310 e. The van der Waals surface area contributed by atoms with E-state index in [1.807, 2.05) is 0 Å².